The lowest BCUT2D eigenvalue weighted by Crippen LogP contribution is -2.36. The predicted octanol–water partition coefficient (Wildman–Crippen LogP) is 2.08. The molecule has 3 N–H and O–H groups in total. The quantitative estimate of drug-likeness (QED) is 0.822. The van der Waals surface area contributed by atoms with Crippen LogP contribution in [-0.4, -0.2) is 40.5 Å². The topological polar surface area (TPSA) is 67.1 Å². The van der Waals surface area contributed by atoms with Crippen LogP contribution in [0.15, 0.2) is 6.07 Å². The molecule has 1 unspecified atom stereocenters. The smallest absolute Gasteiger partial charge is 0.135 e. The lowest BCUT2D eigenvalue weighted by Gasteiger charge is -2.25. The minimum Gasteiger partial charge on any atom is -0.384 e. The summed E-state index contributed by atoms with van der Waals surface area (Å²) >= 11 is 0. The third-order valence-corrected chi connectivity index (χ3v) is 3.68. The first-order valence-electron chi connectivity index (χ1n) is 7.07. The van der Waals surface area contributed by atoms with E-state index in [2.05, 4.69) is 48.0 Å². The highest BCUT2D eigenvalue weighted by Gasteiger charge is 2.28. The summed E-state index contributed by atoms with van der Waals surface area (Å²) in [6.45, 7) is 7.25. The standard InChI is InChI=1S/C14H25N5/c1-9(2)14-17-12(15)7-13(18-14)16-8-10(3)19(4)11-5-6-11/h7,9-11H,5-6,8H2,1-4H3,(H3,15,16,17,18). The maximum atomic E-state index is 5.82. The Morgan fingerprint density at radius 1 is 1.37 bits per heavy atom. The van der Waals surface area contributed by atoms with Gasteiger partial charge in [0.2, 0.25) is 0 Å². The zero-order chi connectivity index (χ0) is 14.0. The van der Waals surface area contributed by atoms with Gasteiger partial charge in [0.25, 0.3) is 0 Å². The fourth-order valence-electron chi connectivity index (χ4n) is 2.07. The fourth-order valence-corrected chi connectivity index (χ4v) is 2.07. The average Bonchev–Trinajstić information content (AvgIpc) is 3.18. The van der Waals surface area contributed by atoms with Crippen LogP contribution < -0.4 is 11.1 Å². The molecule has 0 bridgehead atoms. The zero-order valence-electron chi connectivity index (χ0n) is 12.3. The largest absolute Gasteiger partial charge is 0.384 e. The molecule has 19 heavy (non-hydrogen) atoms. The second-order valence-electron chi connectivity index (χ2n) is 5.82. The highest BCUT2D eigenvalue weighted by Crippen LogP contribution is 2.27. The molecule has 1 fully saturated rings. The van der Waals surface area contributed by atoms with E-state index in [-0.39, 0.29) is 5.92 Å². The van der Waals surface area contributed by atoms with Gasteiger partial charge in [0.1, 0.15) is 17.5 Å². The Balaban J connectivity index is 1.94. The van der Waals surface area contributed by atoms with Crippen molar-refractivity contribution < 1.29 is 0 Å². The number of nitrogens with zero attached hydrogens (tertiary/aromatic N) is 3. The molecule has 1 heterocycles. The lowest BCUT2D eigenvalue weighted by atomic mass is 10.2. The van der Waals surface area contributed by atoms with Gasteiger partial charge in [0.15, 0.2) is 0 Å². The SMILES string of the molecule is CC(C)c1nc(N)cc(NCC(C)N(C)C2CC2)n1. The van der Waals surface area contributed by atoms with Gasteiger partial charge in [0.05, 0.1) is 0 Å². The van der Waals surface area contributed by atoms with Gasteiger partial charge in [-0.1, -0.05) is 13.8 Å². The van der Waals surface area contributed by atoms with E-state index < -0.39 is 0 Å². The van der Waals surface area contributed by atoms with Gasteiger partial charge < -0.3 is 11.1 Å². The minimum atomic E-state index is 0.288. The maximum Gasteiger partial charge on any atom is 0.135 e. The van der Waals surface area contributed by atoms with Gasteiger partial charge >= 0.3 is 0 Å². The summed E-state index contributed by atoms with van der Waals surface area (Å²) in [4.78, 5) is 11.2. The molecule has 5 heteroatoms. The van der Waals surface area contributed by atoms with Gasteiger partial charge in [-0.15, -0.1) is 0 Å². The van der Waals surface area contributed by atoms with Gasteiger partial charge in [-0.25, -0.2) is 9.97 Å². The number of nitrogen functional groups attached to an aromatic ring is 1. The van der Waals surface area contributed by atoms with Gasteiger partial charge in [-0.3, -0.25) is 4.90 Å². The summed E-state index contributed by atoms with van der Waals surface area (Å²) in [5.74, 6) is 2.44. The Kier molecular flexibility index (Phi) is 4.24. The van der Waals surface area contributed by atoms with Crippen LogP contribution in [0, 0.1) is 0 Å². The molecule has 1 aliphatic rings. The number of rotatable bonds is 6. The molecule has 0 radical (unpaired) electrons. The molecule has 1 aromatic rings. The molecule has 1 atom stereocenters. The Bertz CT molecular complexity index is 428. The van der Waals surface area contributed by atoms with Crippen LogP contribution in [0.1, 0.15) is 45.4 Å². The van der Waals surface area contributed by atoms with E-state index in [1.807, 2.05) is 0 Å². The van der Waals surface area contributed by atoms with Crippen LogP contribution in [0.3, 0.4) is 0 Å². The molecule has 0 saturated heterocycles. The maximum absolute atomic E-state index is 5.82. The molecular weight excluding hydrogens is 238 g/mol. The third-order valence-electron chi connectivity index (χ3n) is 3.68. The van der Waals surface area contributed by atoms with Crippen molar-refractivity contribution in [2.75, 3.05) is 24.6 Å². The predicted molar refractivity (Wildman–Crippen MR) is 79.3 cm³/mol. The van der Waals surface area contributed by atoms with E-state index in [9.17, 15) is 0 Å². The van der Waals surface area contributed by atoms with Crippen molar-refractivity contribution in [1.29, 1.82) is 0 Å². The first kappa shape index (κ1) is 14.1. The normalized spacial score (nSPS) is 16.9. The Hall–Kier alpha value is -1.36. The van der Waals surface area contributed by atoms with Crippen molar-refractivity contribution in [1.82, 2.24) is 14.9 Å². The second-order valence-corrected chi connectivity index (χ2v) is 5.82. The summed E-state index contributed by atoms with van der Waals surface area (Å²) in [6, 6.07) is 3.07. The van der Waals surface area contributed by atoms with Crippen molar-refractivity contribution in [3.63, 3.8) is 0 Å². The van der Waals surface area contributed by atoms with E-state index in [4.69, 9.17) is 5.73 Å². The molecule has 2 rings (SSSR count). The summed E-state index contributed by atoms with van der Waals surface area (Å²) in [6.07, 6.45) is 2.66. The summed E-state index contributed by atoms with van der Waals surface area (Å²) in [7, 11) is 2.19. The zero-order valence-corrected chi connectivity index (χ0v) is 12.3. The van der Waals surface area contributed by atoms with E-state index in [0.29, 0.717) is 11.9 Å². The number of nitrogens with two attached hydrogens (primary N) is 1. The van der Waals surface area contributed by atoms with Crippen LogP contribution in [0.25, 0.3) is 0 Å². The first-order valence-corrected chi connectivity index (χ1v) is 7.07. The summed E-state index contributed by atoms with van der Waals surface area (Å²) < 4.78 is 0. The molecule has 0 amide bonds. The van der Waals surface area contributed by atoms with Crippen molar-refractivity contribution in [2.24, 2.45) is 0 Å². The van der Waals surface area contributed by atoms with Crippen LogP contribution in [0.2, 0.25) is 0 Å². The average molecular weight is 263 g/mol. The third kappa shape index (κ3) is 3.80. The highest BCUT2D eigenvalue weighted by atomic mass is 15.2. The first-order chi connectivity index (χ1) is 8.97. The number of hydrogen-bond acceptors (Lipinski definition) is 5. The van der Waals surface area contributed by atoms with E-state index in [1.54, 1.807) is 6.07 Å². The number of hydrogen-bond donors (Lipinski definition) is 2. The van der Waals surface area contributed by atoms with Crippen LogP contribution in [-0.2, 0) is 0 Å². The number of anilines is 2. The lowest BCUT2D eigenvalue weighted by molar-refractivity contribution is 0.257. The molecule has 1 aliphatic carbocycles. The fraction of sp³-hybridized carbons (Fsp3) is 0.714. The van der Waals surface area contributed by atoms with E-state index in [0.717, 1.165) is 24.2 Å². The molecule has 0 aliphatic heterocycles. The number of nitrogens with one attached hydrogen (secondary N) is 1. The second kappa shape index (κ2) is 5.74. The van der Waals surface area contributed by atoms with Crippen LogP contribution in [0.4, 0.5) is 11.6 Å². The Morgan fingerprint density at radius 2 is 2.05 bits per heavy atom. The Labute approximate surface area is 115 Å². The van der Waals surface area contributed by atoms with Crippen molar-refractivity contribution >= 4 is 11.6 Å². The molecule has 1 saturated carbocycles. The van der Waals surface area contributed by atoms with E-state index >= 15 is 0 Å². The summed E-state index contributed by atoms with van der Waals surface area (Å²) in [5, 5.41) is 3.37. The van der Waals surface area contributed by atoms with Gasteiger partial charge in [-0.2, -0.15) is 0 Å². The number of likely N-dealkylation sites (N-methyl/N-ethyl adjacent to an activating group) is 1. The number of aromatic nitrogens is 2. The monoisotopic (exact) mass is 263 g/mol. The summed E-state index contributed by atoms with van der Waals surface area (Å²) in [5.41, 5.74) is 5.82. The minimum absolute atomic E-state index is 0.288. The van der Waals surface area contributed by atoms with Crippen molar-refractivity contribution in [3.8, 4) is 0 Å². The van der Waals surface area contributed by atoms with Crippen LogP contribution in [0.5, 0.6) is 0 Å². The molecule has 5 nitrogen and oxygen atoms in total. The van der Waals surface area contributed by atoms with Gasteiger partial charge in [-0.05, 0) is 26.8 Å². The van der Waals surface area contributed by atoms with Gasteiger partial charge in [0, 0.05) is 30.6 Å². The highest BCUT2D eigenvalue weighted by molar-refractivity contribution is 5.45. The molecule has 0 spiro atoms. The van der Waals surface area contributed by atoms with Crippen molar-refractivity contribution in [3.05, 3.63) is 11.9 Å². The molecular formula is C14H25N5. The molecule has 0 aromatic carbocycles. The van der Waals surface area contributed by atoms with E-state index in [1.165, 1.54) is 12.8 Å². The Morgan fingerprint density at radius 3 is 2.63 bits per heavy atom. The molecule has 1 aromatic heterocycles. The van der Waals surface area contributed by atoms with Crippen molar-refractivity contribution in [2.45, 2.75) is 51.6 Å². The molecule has 106 valence electrons. The van der Waals surface area contributed by atoms with Crippen LogP contribution >= 0.6 is 0 Å².